The Labute approximate surface area is 145 Å². The normalized spacial score (nSPS) is 12.7. The predicted molar refractivity (Wildman–Crippen MR) is 86.0 cm³/mol. The summed E-state index contributed by atoms with van der Waals surface area (Å²) in [6.07, 6.45) is -1.02. The first-order valence-corrected chi connectivity index (χ1v) is 8.68. The minimum Gasteiger partial charge on any atom is -0.425 e. The van der Waals surface area contributed by atoms with Gasteiger partial charge in [-0.15, -0.1) is 0 Å². The molecule has 0 saturated carbocycles. The summed E-state index contributed by atoms with van der Waals surface area (Å²) in [5.74, 6) is -1.09. The Bertz CT molecular complexity index is 397. The van der Waals surface area contributed by atoms with Crippen LogP contribution in [0.1, 0.15) is 53.4 Å². The fourth-order valence-electron chi connectivity index (χ4n) is 1.37. The van der Waals surface area contributed by atoms with Crippen molar-refractivity contribution >= 4 is 35.0 Å². The molecule has 0 aromatic rings. The lowest BCUT2D eigenvalue weighted by Gasteiger charge is -2.14. The van der Waals surface area contributed by atoms with Crippen LogP contribution in [0.15, 0.2) is 0 Å². The molecule has 0 aliphatic heterocycles. The third-order valence-corrected chi connectivity index (χ3v) is 3.30. The Morgan fingerprint density at radius 3 is 1.75 bits per heavy atom. The van der Waals surface area contributed by atoms with Crippen molar-refractivity contribution in [2.24, 2.45) is 0 Å². The zero-order valence-electron chi connectivity index (χ0n) is 14.4. The number of carbonyl (C=O) groups is 4. The lowest BCUT2D eigenvalue weighted by Crippen LogP contribution is -2.21. The van der Waals surface area contributed by atoms with E-state index in [0.717, 1.165) is 11.8 Å². The van der Waals surface area contributed by atoms with E-state index in [4.69, 9.17) is 18.9 Å². The molecular weight excluding hydrogens is 340 g/mol. The molecule has 0 aromatic carbocycles. The molecule has 0 unspecified atom stereocenters. The van der Waals surface area contributed by atoms with E-state index in [1.165, 1.54) is 13.8 Å². The van der Waals surface area contributed by atoms with Gasteiger partial charge in [-0.25, -0.2) is 4.79 Å². The van der Waals surface area contributed by atoms with Gasteiger partial charge in [0.2, 0.25) is 12.6 Å². The first-order valence-electron chi connectivity index (χ1n) is 7.70. The van der Waals surface area contributed by atoms with Crippen molar-refractivity contribution in [2.75, 3.05) is 5.75 Å². The van der Waals surface area contributed by atoms with E-state index in [9.17, 15) is 19.2 Å². The summed E-state index contributed by atoms with van der Waals surface area (Å²) in [5, 5.41) is -0.593. The number of hydrogen-bond acceptors (Lipinski definition) is 9. The van der Waals surface area contributed by atoms with Gasteiger partial charge < -0.3 is 18.9 Å². The average molecular weight is 364 g/mol. The standard InChI is InChI=1S/C15H24O8S/c1-5-12(16)20-10(3)22-14(18)8-7-9-24-15(19)23-11(4)21-13(17)6-2/h10-11H,5-9H2,1-4H3/t10-,11-/m1/s1. The number of hydrogen-bond donors (Lipinski definition) is 0. The molecule has 2 atom stereocenters. The third kappa shape index (κ3) is 11.8. The monoisotopic (exact) mass is 364 g/mol. The Hall–Kier alpha value is -1.77. The van der Waals surface area contributed by atoms with Crippen LogP contribution in [0, 0.1) is 0 Å². The van der Waals surface area contributed by atoms with Crippen molar-refractivity contribution in [3.63, 3.8) is 0 Å². The highest BCUT2D eigenvalue weighted by atomic mass is 32.2. The maximum absolute atomic E-state index is 11.5. The predicted octanol–water partition coefficient (Wildman–Crippen LogP) is 2.78. The highest BCUT2D eigenvalue weighted by molar-refractivity contribution is 8.13. The molecule has 9 heteroatoms. The van der Waals surface area contributed by atoms with Gasteiger partial charge >= 0.3 is 23.2 Å². The average Bonchev–Trinajstić information content (AvgIpc) is 2.50. The summed E-state index contributed by atoms with van der Waals surface area (Å²) in [4.78, 5) is 45.0. The van der Waals surface area contributed by atoms with Gasteiger partial charge in [-0.3, -0.25) is 14.4 Å². The Morgan fingerprint density at radius 1 is 0.792 bits per heavy atom. The fourth-order valence-corrected chi connectivity index (χ4v) is 2.03. The lowest BCUT2D eigenvalue weighted by molar-refractivity contribution is -0.184. The number of rotatable bonds is 10. The summed E-state index contributed by atoms with van der Waals surface area (Å²) in [6.45, 7) is 6.17. The van der Waals surface area contributed by atoms with E-state index in [1.54, 1.807) is 13.8 Å². The quantitative estimate of drug-likeness (QED) is 0.328. The van der Waals surface area contributed by atoms with Crippen molar-refractivity contribution in [3.05, 3.63) is 0 Å². The van der Waals surface area contributed by atoms with Crippen LogP contribution >= 0.6 is 11.8 Å². The summed E-state index contributed by atoms with van der Waals surface area (Å²) < 4.78 is 19.3. The minimum atomic E-state index is -0.948. The maximum Gasteiger partial charge on any atom is 0.370 e. The molecule has 0 saturated heterocycles. The van der Waals surface area contributed by atoms with Crippen molar-refractivity contribution in [1.82, 2.24) is 0 Å². The SMILES string of the molecule is CCC(=O)O[C@@H](C)OC(=O)CCCSC(=O)O[C@H](C)OC(=O)CC. The lowest BCUT2D eigenvalue weighted by atomic mass is 10.3. The molecule has 0 rings (SSSR count). The Kier molecular flexibility index (Phi) is 11.7. The van der Waals surface area contributed by atoms with Crippen LogP contribution in [0.3, 0.4) is 0 Å². The van der Waals surface area contributed by atoms with Gasteiger partial charge in [-0.2, -0.15) is 0 Å². The zero-order valence-corrected chi connectivity index (χ0v) is 15.2. The molecular formula is C15H24O8S. The van der Waals surface area contributed by atoms with E-state index in [0.29, 0.717) is 12.2 Å². The van der Waals surface area contributed by atoms with Crippen LogP contribution in [0.5, 0.6) is 0 Å². The molecule has 24 heavy (non-hydrogen) atoms. The summed E-state index contributed by atoms with van der Waals surface area (Å²) in [5.41, 5.74) is 0. The highest BCUT2D eigenvalue weighted by Gasteiger charge is 2.15. The topological polar surface area (TPSA) is 105 Å². The van der Waals surface area contributed by atoms with Crippen molar-refractivity contribution < 1.29 is 38.1 Å². The van der Waals surface area contributed by atoms with Crippen molar-refractivity contribution in [1.29, 1.82) is 0 Å². The van der Waals surface area contributed by atoms with Gasteiger partial charge in [-0.1, -0.05) is 13.8 Å². The number of ether oxygens (including phenoxy) is 4. The molecule has 8 nitrogen and oxygen atoms in total. The van der Waals surface area contributed by atoms with Crippen molar-refractivity contribution in [3.8, 4) is 0 Å². The first-order chi connectivity index (χ1) is 11.3. The van der Waals surface area contributed by atoms with Crippen molar-refractivity contribution in [2.45, 2.75) is 66.0 Å². The third-order valence-electron chi connectivity index (χ3n) is 2.48. The molecule has 0 fully saturated rings. The van der Waals surface area contributed by atoms with Crippen LogP contribution in [-0.4, -0.2) is 41.5 Å². The fraction of sp³-hybridized carbons (Fsp3) is 0.733. The number of thioether (sulfide) groups is 1. The van der Waals surface area contributed by atoms with Crippen LogP contribution in [0.25, 0.3) is 0 Å². The van der Waals surface area contributed by atoms with Crippen LogP contribution in [0.4, 0.5) is 4.79 Å². The van der Waals surface area contributed by atoms with E-state index in [2.05, 4.69) is 0 Å². The molecule has 0 aromatic heterocycles. The van der Waals surface area contributed by atoms with Gasteiger partial charge in [0.15, 0.2) is 0 Å². The van der Waals surface area contributed by atoms with E-state index < -0.39 is 35.8 Å². The molecule has 0 amide bonds. The molecule has 0 radical (unpaired) electrons. The maximum atomic E-state index is 11.5. The minimum absolute atomic E-state index is 0.0780. The molecule has 0 aliphatic rings. The van der Waals surface area contributed by atoms with Gasteiger partial charge in [0.25, 0.3) is 0 Å². The largest absolute Gasteiger partial charge is 0.425 e. The highest BCUT2D eigenvalue weighted by Crippen LogP contribution is 2.12. The van der Waals surface area contributed by atoms with Crippen LogP contribution < -0.4 is 0 Å². The van der Waals surface area contributed by atoms with E-state index >= 15 is 0 Å². The molecule has 0 heterocycles. The summed E-state index contributed by atoms with van der Waals surface area (Å²) in [6, 6.07) is 0. The molecule has 0 aliphatic carbocycles. The van der Waals surface area contributed by atoms with Crippen LogP contribution in [0.2, 0.25) is 0 Å². The molecule has 138 valence electrons. The second kappa shape index (κ2) is 12.6. The number of carbonyl (C=O) groups excluding carboxylic acids is 4. The van der Waals surface area contributed by atoms with Gasteiger partial charge in [0.05, 0.1) is 0 Å². The first kappa shape index (κ1) is 22.2. The smallest absolute Gasteiger partial charge is 0.370 e. The second-order valence-electron chi connectivity index (χ2n) is 4.63. The molecule has 0 spiro atoms. The summed E-state index contributed by atoms with van der Waals surface area (Å²) in [7, 11) is 0. The molecule has 0 N–H and O–H groups in total. The Morgan fingerprint density at radius 2 is 1.25 bits per heavy atom. The number of esters is 3. The van der Waals surface area contributed by atoms with E-state index in [-0.39, 0.29) is 19.3 Å². The van der Waals surface area contributed by atoms with Gasteiger partial charge in [-0.05, 0) is 18.2 Å². The van der Waals surface area contributed by atoms with Gasteiger partial charge in [0, 0.05) is 38.9 Å². The molecule has 0 bridgehead atoms. The second-order valence-corrected chi connectivity index (χ2v) is 5.66. The van der Waals surface area contributed by atoms with E-state index in [1.807, 2.05) is 0 Å². The van der Waals surface area contributed by atoms with Gasteiger partial charge in [0.1, 0.15) is 0 Å². The zero-order chi connectivity index (χ0) is 18.5. The van der Waals surface area contributed by atoms with Crippen LogP contribution in [-0.2, 0) is 33.3 Å². The Balaban J connectivity index is 3.80. The summed E-state index contributed by atoms with van der Waals surface area (Å²) >= 11 is 0.869.